The fourth-order valence-electron chi connectivity index (χ4n) is 2.54. The lowest BCUT2D eigenvalue weighted by atomic mass is 9.99. The maximum atomic E-state index is 13.6. The van der Waals surface area contributed by atoms with E-state index in [1.165, 1.54) is 23.4 Å². The van der Waals surface area contributed by atoms with E-state index in [0.717, 1.165) is 30.8 Å². The first-order chi connectivity index (χ1) is 10.3. The number of thioether (sulfide) groups is 1. The zero-order valence-corrected chi connectivity index (χ0v) is 12.5. The van der Waals surface area contributed by atoms with Crippen molar-refractivity contribution >= 4 is 11.8 Å². The van der Waals surface area contributed by atoms with E-state index >= 15 is 0 Å². The molecule has 0 radical (unpaired) electrons. The Morgan fingerprint density at radius 3 is 2.90 bits per heavy atom. The minimum Gasteiger partial charge on any atom is -0.493 e. The maximum Gasteiger partial charge on any atom is 0.136 e. The summed E-state index contributed by atoms with van der Waals surface area (Å²) in [6, 6.07) is 12.8. The molecule has 21 heavy (non-hydrogen) atoms. The summed E-state index contributed by atoms with van der Waals surface area (Å²) in [6.07, 6.45) is 2.09. The largest absolute Gasteiger partial charge is 0.493 e. The van der Waals surface area contributed by atoms with Gasteiger partial charge in [-0.25, -0.2) is 4.39 Å². The van der Waals surface area contributed by atoms with E-state index in [-0.39, 0.29) is 11.9 Å². The molecule has 1 aliphatic heterocycles. The number of hydrogen-bond acceptors (Lipinski definition) is 3. The number of nitrogens with two attached hydrogens (primary N) is 1. The van der Waals surface area contributed by atoms with Gasteiger partial charge in [-0.3, -0.25) is 0 Å². The van der Waals surface area contributed by atoms with Crippen LogP contribution in [0.25, 0.3) is 0 Å². The van der Waals surface area contributed by atoms with Crippen LogP contribution in [0.5, 0.6) is 5.75 Å². The predicted molar refractivity (Wildman–Crippen MR) is 84.3 cm³/mol. The highest BCUT2D eigenvalue weighted by atomic mass is 32.2. The molecule has 110 valence electrons. The van der Waals surface area contributed by atoms with Crippen LogP contribution in [0.2, 0.25) is 0 Å². The Labute approximate surface area is 128 Å². The maximum absolute atomic E-state index is 13.6. The number of aryl methyl sites for hydroxylation is 1. The molecular formula is C17H18FNOS. The van der Waals surface area contributed by atoms with Gasteiger partial charge >= 0.3 is 0 Å². The van der Waals surface area contributed by atoms with Crippen molar-refractivity contribution in [1.82, 2.24) is 0 Å². The highest BCUT2D eigenvalue weighted by Gasteiger charge is 2.19. The minimum absolute atomic E-state index is 0.164. The summed E-state index contributed by atoms with van der Waals surface area (Å²) in [5, 5.41) is 0. The topological polar surface area (TPSA) is 35.2 Å². The van der Waals surface area contributed by atoms with Gasteiger partial charge in [0.1, 0.15) is 11.6 Å². The Morgan fingerprint density at radius 1 is 1.19 bits per heavy atom. The average molecular weight is 303 g/mol. The van der Waals surface area contributed by atoms with Crippen molar-refractivity contribution < 1.29 is 9.13 Å². The molecule has 4 heteroatoms. The number of para-hydroxylation sites is 1. The SMILES string of the molecule is NC(CSc1ccccc1F)c1cccc2c1OCCC2. The van der Waals surface area contributed by atoms with Crippen molar-refractivity contribution in [3.63, 3.8) is 0 Å². The molecule has 1 unspecified atom stereocenters. The van der Waals surface area contributed by atoms with Gasteiger partial charge in [0.25, 0.3) is 0 Å². The zero-order valence-electron chi connectivity index (χ0n) is 11.7. The van der Waals surface area contributed by atoms with Crippen molar-refractivity contribution in [1.29, 1.82) is 0 Å². The third-order valence-electron chi connectivity index (χ3n) is 3.62. The summed E-state index contributed by atoms with van der Waals surface area (Å²) < 4.78 is 19.4. The number of hydrogen-bond donors (Lipinski definition) is 1. The van der Waals surface area contributed by atoms with Gasteiger partial charge in [-0.15, -0.1) is 11.8 Å². The number of ether oxygens (including phenoxy) is 1. The number of fused-ring (bicyclic) bond motifs is 1. The predicted octanol–water partition coefficient (Wildman–Crippen LogP) is 3.94. The Hall–Kier alpha value is -1.52. The van der Waals surface area contributed by atoms with Crippen LogP contribution in [0.3, 0.4) is 0 Å². The van der Waals surface area contributed by atoms with Crippen molar-refractivity contribution in [2.75, 3.05) is 12.4 Å². The second-order valence-corrected chi connectivity index (χ2v) is 6.20. The lowest BCUT2D eigenvalue weighted by molar-refractivity contribution is 0.284. The molecule has 0 aliphatic carbocycles. The quantitative estimate of drug-likeness (QED) is 0.869. The molecular weight excluding hydrogens is 285 g/mol. The lowest BCUT2D eigenvalue weighted by Gasteiger charge is -2.23. The Bertz CT molecular complexity index is 632. The molecule has 2 aromatic carbocycles. The van der Waals surface area contributed by atoms with Crippen LogP contribution in [0.15, 0.2) is 47.4 Å². The van der Waals surface area contributed by atoms with Gasteiger partial charge in [-0.1, -0.05) is 30.3 Å². The highest BCUT2D eigenvalue weighted by Crippen LogP contribution is 2.34. The molecule has 1 aliphatic rings. The average Bonchev–Trinajstić information content (AvgIpc) is 2.53. The molecule has 0 saturated heterocycles. The summed E-state index contributed by atoms with van der Waals surface area (Å²) >= 11 is 1.45. The van der Waals surface area contributed by atoms with E-state index < -0.39 is 0 Å². The molecule has 0 bridgehead atoms. The third kappa shape index (κ3) is 3.22. The van der Waals surface area contributed by atoms with Gasteiger partial charge in [0.15, 0.2) is 0 Å². The Kier molecular flexibility index (Phi) is 4.46. The van der Waals surface area contributed by atoms with Crippen molar-refractivity contribution in [3.8, 4) is 5.75 Å². The van der Waals surface area contributed by atoms with E-state index in [1.807, 2.05) is 18.2 Å². The van der Waals surface area contributed by atoms with Crippen molar-refractivity contribution in [2.45, 2.75) is 23.8 Å². The Balaban J connectivity index is 1.74. The first kappa shape index (κ1) is 14.4. The van der Waals surface area contributed by atoms with Gasteiger partial charge < -0.3 is 10.5 Å². The monoisotopic (exact) mass is 303 g/mol. The smallest absolute Gasteiger partial charge is 0.136 e. The zero-order chi connectivity index (χ0) is 14.7. The van der Waals surface area contributed by atoms with E-state index in [1.54, 1.807) is 12.1 Å². The summed E-state index contributed by atoms with van der Waals surface area (Å²) in [5.41, 5.74) is 8.54. The van der Waals surface area contributed by atoms with E-state index in [9.17, 15) is 4.39 Å². The fourth-order valence-corrected chi connectivity index (χ4v) is 3.46. The van der Waals surface area contributed by atoms with E-state index in [0.29, 0.717) is 10.6 Å². The second-order valence-electron chi connectivity index (χ2n) is 5.14. The number of rotatable bonds is 4. The van der Waals surface area contributed by atoms with Crippen LogP contribution in [0.1, 0.15) is 23.6 Å². The van der Waals surface area contributed by atoms with E-state index in [4.69, 9.17) is 10.5 Å². The fraction of sp³-hybridized carbons (Fsp3) is 0.294. The van der Waals surface area contributed by atoms with Crippen molar-refractivity contribution in [2.24, 2.45) is 5.73 Å². The van der Waals surface area contributed by atoms with Crippen LogP contribution < -0.4 is 10.5 Å². The second kappa shape index (κ2) is 6.50. The third-order valence-corrected chi connectivity index (χ3v) is 4.79. The summed E-state index contributed by atoms with van der Waals surface area (Å²) in [7, 11) is 0. The van der Waals surface area contributed by atoms with Crippen LogP contribution in [-0.2, 0) is 6.42 Å². The van der Waals surface area contributed by atoms with Gasteiger partial charge in [-0.05, 0) is 30.5 Å². The van der Waals surface area contributed by atoms with Gasteiger partial charge in [0, 0.05) is 22.3 Å². The first-order valence-electron chi connectivity index (χ1n) is 7.13. The summed E-state index contributed by atoms with van der Waals surface area (Å²) in [6.45, 7) is 0.747. The minimum atomic E-state index is -0.193. The Morgan fingerprint density at radius 2 is 2.05 bits per heavy atom. The molecule has 3 rings (SSSR count). The molecule has 1 heterocycles. The molecule has 0 aromatic heterocycles. The van der Waals surface area contributed by atoms with Crippen LogP contribution >= 0.6 is 11.8 Å². The molecule has 0 amide bonds. The highest BCUT2D eigenvalue weighted by molar-refractivity contribution is 7.99. The van der Waals surface area contributed by atoms with Crippen LogP contribution in [0, 0.1) is 5.82 Å². The van der Waals surface area contributed by atoms with Crippen LogP contribution in [0.4, 0.5) is 4.39 Å². The lowest BCUT2D eigenvalue weighted by Crippen LogP contribution is -2.18. The number of halogens is 1. The molecule has 0 saturated carbocycles. The normalized spacial score (nSPS) is 15.1. The first-order valence-corrected chi connectivity index (χ1v) is 8.12. The molecule has 0 fully saturated rings. The van der Waals surface area contributed by atoms with Gasteiger partial charge in [0.2, 0.25) is 0 Å². The summed E-state index contributed by atoms with van der Waals surface area (Å²) in [4.78, 5) is 0.638. The van der Waals surface area contributed by atoms with Gasteiger partial charge in [-0.2, -0.15) is 0 Å². The van der Waals surface area contributed by atoms with Gasteiger partial charge in [0.05, 0.1) is 6.61 Å². The molecule has 0 spiro atoms. The number of benzene rings is 2. The summed E-state index contributed by atoms with van der Waals surface area (Å²) in [5.74, 6) is 1.37. The molecule has 2 N–H and O–H groups in total. The van der Waals surface area contributed by atoms with E-state index in [2.05, 4.69) is 6.07 Å². The standard InChI is InChI=1S/C17H18FNOS/c18-14-8-1-2-9-16(14)21-11-15(19)13-7-3-5-12-6-4-10-20-17(12)13/h1-3,5,7-9,15H,4,6,10-11,19H2. The molecule has 1 atom stereocenters. The van der Waals surface area contributed by atoms with Crippen molar-refractivity contribution in [3.05, 3.63) is 59.4 Å². The molecule has 2 nitrogen and oxygen atoms in total. The van der Waals surface area contributed by atoms with Crippen LogP contribution in [-0.4, -0.2) is 12.4 Å². The molecule has 2 aromatic rings.